The summed E-state index contributed by atoms with van der Waals surface area (Å²) in [5.74, 6) is 0. The number of hydrogen-bond acceptors (Lipinski definition) is 1. The van der Waals surface area contributed by atoms with Crippen LogP contribution in [0, 0.1) is 5.41 Å². The average Bonchev–Trinajstić information content (AvgIpc) is 2.29. The monoisotopic (exact) mass is 359 g/mol. The molecule has 1 aromatic rings. The molecule has 1 aliphatic rings. The summed E-state index contributed by atoms with van der Waals surface area (Å²) in [5, 5.41) is 0.918. The molecule has 0 N–H and O–H groups in total. The normalized spacial score (nSPS) is 19.4. The molecule has 0 radical (unpaired) electrons. The Balaban J connectivity index is 2.18. The Labute approximate surface area is 121 Å². The van der Waals surface area contributed by atoms with E-state index in [1.165, 1.54) is 37.2 Å². The molecular weight excluding hydrogens is 342 g/mol. The maximum absolute atomic E-state index is 3.58. The lowest BCUT2D eigenvalue weighted by molar-refractivity contribution is 0.279. The van der Waals surface area contributed by atoms with Crippen molar-refractivity contribution in [3.63, 3.8) is 0 Å². The Hall–Kier alpha value is -0.0200. The summed E-state index contributed by atoms with van der Waals surface area (Å²) in [7, 11) is 0. The van der Waals surface area contributed by atoms with Crippen LogP contribution in [0.3, 0.4) is 0 Å². The van der Waals surface area contributed by atoms with Crippen LogP contribution in [0.15, 0.2) is 22.7 Å². The van der Waals surface area contributed by atoms with Crippen molar-refractivity contribution in [1.82, 2.24) is 0 Å². The first-order valence-electron chi connectivity index (χ1n) is 6.11. The zero-order chi connectivity index (χ0) is 12.5. The van der Waals surface area contributed by atoms with Gasteiger partial charge in [-0.25, -0.2) is 0 Å². The van der Waals surface area contributed by atoms with Crippen LogP contribution in [0.1, 0.15) is 32.3 Å². The molecule has 94 valence electrons. The van der Waals surface area contributed by atoms with Gasteiger partial charge in [0.2, 0.25) is 0 Å². The Morgan fingerprint density at radius 3 is 2.47 bits per heavy atom. The third kappa shape index (κ3) is 3.25. The van der Waals surface area contributed by atoms with Crippen molar-refractivity contribution in [2.24, 2.45) is 5.41 Å². The van der Waals surface area contributed by atoms with Gasteiger partial charge in [0.05, 0.1) is 0 Å². The second kappa shape index (κ2) is 5.31. The van der Waals surface area contributed by atoms with Crippen molar-refractivity contribution in [3.05, 3.63) is 28.2 Å². The molecule has 0 bridgehead atoms. The van der Waals surface area contributed by atoms with Gasteiger partial charge in [-0.15, -0.1) is 0 Å². The molecule has 1 aromatic carbocycles. The molecular formula is C14H19Br2N. The van der Waals surface area contributed by atoms with Gasteiger partial charge in [0.15, 0.2) is 0 Å². The van der Waals surface area contributed by atoms with Gasteiger partial charge in [-0.05, 0) is 42.0 Å². The predicted molar refractivity (Wildman–Crippen MR) is 82.0 cm³/mol. The van der Waals surface area contributed by atoms with E-state index in [-0.39, 0.29) is 0 Å². The van der Waals surface area contributed by atoms with Crippen molar-refractivity contribution in [3.8, 4) is 0 Å². The largest absolute Gasteiger partial charge is 0.371 e. The van der Waals surface area contributed by atoms with Crippen molar-refractivity contribution < 1.29 is 0 Å². The molecule has 0 aromatic heterocycles. The fourth-order valence-electron chi connectivity index (χ4n) is 2.32. The zero-order valence-electron chi connectivity index (χ0n) is 10.5. The number of hydrogen-bond donors (Lipinski definition) is 0. The Morgan fingerprint density at radius 1 is 1.24 bits per heavy atom. The van der Waals surface area contributed by atoms with Crippen LogP contribution < -0.4 is 4.90 Å². The number of alkyl halides is 1. The molecule has 0 unspecified atom stereocenters. The summed E-state index contributed by atoms with van der Waals surface area (Å²) in [6.07, 6.45) is 2.57. The van der Waals surface area contributed by atoms with E-state index in [9.17, 15) is 0 Å². The SMILES string of the molecule is CC1(C)CCN(c2ccc(Br)cc2CBr)CC1. The zero-order valence-corrected chi connectivity index (χ0v) is 13.6. The maximum atomic E-state index is 3.58. The number of anilines is 1. The third-order valence-corrected chi connectivity index (χ3v) is 4.74. The van der Waals surface area contributed by atoms with Gasteiger partial charge in [-0.3, -0.25) is 0 Å². The van der Waals surface area contributed by atoms with Gasteiger partial charge in [-0.2, -0.15) is 0 Å². The number of rotatable bonds is 2. The molecule has 1 heterocycles. The van der Waals surface area contributed by atoms with Crippen molar-refractivity contribution in [2.75, 3.05) is 18.0 Å². The van der Waals surface area contributed by atoms with Crippen LogP contribution >= 0.6 is 31.9 Å². The summed E-state index contributed by atoms with van der Waals surface area (Å²) >= 11 is 7.12. The summed E-state index contributed by atoms with van der Waals surface area (Å²) in [5.41, 5.74) is 3.28. The van der Waals surface area contributed by atoms with E-state index in [2.05, 4.69) is 68.8 Å². The van der Waals surface area contributed by atoms with Gasteiger partial charge in [0.1, 0.15) is 0 Å². The molecule has 0 saturated carbocycles. The summed E-state index contributed by atoms with van der Waals surface area (Å²) in [6.45, 7) is 7.10. The lowest BCUT2D eigenvalue weighted by Crippen LogP contribution is -2.37. The summed E-state index contributed by atoms with van der Waals surface area (Å²) in [4.78, 5) is 2.52. The first kappa shape index (κ1) is 13.4. The first-order chi connectivity index (χ1) is 8.02. The van der Waals surface area contributed by atoms with E-state index in [1.807, 2.05) is 0 Å². The van der Waals surface area contributed by atoms with E-state index in [1.54, 1.807) is 0 Å². The maximum Gasteiger partial charge on any atom is 0.0408 e. The minimum Gasteiger partial charge on any atom is -0.371 e. The highest BCUT2D eigenvalue weighted by atomic mass is 79.9. The molecule has 0 aliphatic carbocycles. The Bertz CT molecular complexity index is 391. The highest BCUT2D eigenvalue weighted by Gasteiger charge is 2.26. The van der Waals surface area contributed by atoms with Crippen LogP contribution in [0.5, 0.6) is 0 Å². The van der Waals surface area contributed by atoms with Crippen molar-refractivity contribution in [1.29, 1.82) is 0 Å². The standard InChI is InChI=1S/C14H19Br2N/c1-14(2)5-7-17(8-6-14)13-4-3-12(16)9-11(13)10-15/h3-4,9H,5-8,10H2,1-2H3. The molecule has 2 rings (SSSR count). The summed E-state index contributed by atoms with van der Waals surface area (Å²) in [6, 6.07) is 6.59. The number of nitrogens with zero attached hydrogens (tertiary/aromatic N) is 1. The van der Waals surface area contributed by atoms with E-state index in [4.69, 9.17) is 0 Å². The topological polar surface area (TPSA) is 3.24 Å². The molecule has 1 fully saturated rings. The van der Waals surface area contributed by atoms with Crippen molar-refractivity contribution in [2.45, 2.75) is 32.0 Å². The number of piperidine rings is 1. The minimum absolute atomic E-state index is 0.514. The lowest BCUT2D eigenvalue weighted by atomic mass is 9.82. The fraction of sp³-hybridized carbons (Fsp3) is 0.571. The van der Waals surface area contributed by atoms with Gasteiger partial charge in [0, 0.05) is 28.6 Å². The highest BCUT2D eigenvalue weighted by molar-refractivity contribution is 9.10. The minimum atomic E-state index is 0.514. The molecule has 0 amide bonds. The van der Waals surface area contributed by atoms with Gasteiger partial charge in [0.25, 0.3) is 0 Å². The number of halogens is 2. The predicted octanol–water partition coefficient (Wildman–Crippen LogP) is 4.97. The van der Waals surface area contributed by atoms with Gasteiger partial charge in [-0.1, -0.05) is 45.7 Å². The lowest BCUT2D eigenvalue weighted by Gasteiger charge is -2.39. The van der Waals surface area contributed by atoms with Crippen molar-refractivity contribution >= 4 is 37.5 Å². The van der Waals surface area contributed by atoms with Gasteiger partial charge < -0.3 is 4.90 Å². The Morgan fingerprint density at radius 2 is 1.88 bits per heavy atom. The number of benzene rings is 1. The van der Waals surface area contributed by atoms with E-state index in [0.717, 1.165) is 9.80 Å². The molecule has 0 atom stereocenters. The van der Waals surface area contributed by atoms with Crippen LogP contribution in [0.2, 0.25) is 0 Å². The van der Waals surface area contributed by atoms with Gasteiger partial charge >= 0.3 is 0 Å². The first-order valence-corrected chi connectivity index (χ1v) is 8.03. The van der Waals surface area contributed by atoms with Crippen LogP contribution in [-0.2, 0) is 5.33 Å². The highest BCUT2D eigenvalue weighted by Crippen LogP contribution is 2.34. The second-order valence-electron chi connectivity index (χ2n) is 5.56. The molecule has 1 saturated heterocycles. The second-order valence-corrected chi connectivity index (χ2v) is 7.03. The van der Waals surface area contributed by atoms with E-state index in [0.29, 0.717) is 5.41 Å². The molecule has 0 spiro atoms. The Kier molecular flexibility index (Phi) is 4.19. The summed E-state index contributed by atoms with van der Waals surface area (Å²) < 4.78 is 1.16. The quantitative estimate of drug-likeness (QED) is 0.673. The van der Waals surface area contributed by atoms with E-state index < -0.39 is 0 Å². The molecule has 1 aliphatic heterocycles. The third-order valence-electron chi connectivity index (χ3n) is 3.64. The van der Waals surface area contributed by atoms with Crippen LogP contribution in [0.25, 0.3) is 0 Å². The average molecular weight is 361 g/mol. The molecule has 17 heavy (non-hydrogen) atoms. The van der Waals surface area contributed by atoms with Crippen LogP contribution in [-0.4, -0.2) is 13.1 Å². The van der Waals surface area contributed by atoms with E-state index >= 15 is 0 Å². The van der Waals surface area contributed by atoms with Crippen LogP contribution in [0.4, 0.5) is 5.69 Å². The fourth-order valence-corrected chi connectivity index (χ4v) is 3.18. The molecule has 3 heteroatoms. The smallest absolute Gasteiger partial charge is 0.0408 e. The molecule has 1 nitrogen and oxygen atoms in total.